The van der Waals surface area contributed by atoms with Gasteiger partial charge in [-0.15, -0.1) is 0 Å². The highest BCUT2D eigenvalue weighted by Crippen LogP contribution is 2.22. The van der Waals surface area contributed by atoms with Crippen molar-refractivity contribution >= 4 is 5.97 Å². The van der Waals surface area contributed by atoms with E-state index in [0.717, 1.165) is 19.3 Å². The molecule has 2 nitrogen and oxygen atoms in total. The molecule has 0 aliphatic rings. The van der Waals surface area contributed by atoms with Gasteiger partial charge in [0.15, 0.2) is 0 Å². The first-order chi connectivity index (χ1) is 5.81. The summed E-state index contributed by atoms with van der Waals surface area (Å²) < 4.78 is 4.91. The van der Waals surface area contributed by atoms with Crippen LogP contribution in [0.25, 0.3) is 0 Å². The molecular weight excluding hydrogens is 164 g/mol. The van der Waals surface area contributed by atoms with Crippen LogP contribution >= 0.6 is 0 Å². The minimum absolute atomic E-state index is 0.181. The van der Waals surface area contributed by atoms with Crippen LogP contribution in [-0.4, -0.2) is 12.1 Å². The first-order valence-corrected chi connectivity index (χ1v) is 4.81. The van der Waals surface area contributed by atoms with E-state index >= 15 is 0 Å². The molecule has 2 heteroatoms. The molecule has 77 valence electrons. The van der Waals surface area contributed by atoms with Gasteiger partial charge in [0.05, 0.1) is 0 Å². The first-order valence-electron chi connectivity index (χ1n) is 4.81. The maximum absolute atomic E-state index is 10.6. The Morgan fingerprint density at radius 1 is 1.46 bits per heavy atom. The third-order valence-electron chi connectivity index (χ3n) is 1.79. The second kappa shape index (κ2) is 5.25. The molecule has 0 rings (SSSR count). The summed E-state index contributed by atoms with van der Waals surface area (Å²) in [5.74, 6) is -0.240. The van der Waals surface area contributed by atoms with Crippen LogP contribution < -0.4 is 0 Å². The summed E-state index contributed by atoms with van der Waals surface area (Å²) in [6.45, 7) is 11.8. The van der Waals surface area contributed by atoms with Crippen molar-refractivity contribution in [1.29, 1.82) is 0 Å². The van der Waals surface area contributed by atoms with Crippen LogP contribution in [0.3, 0.4) is 0 Å². The van der Waals surface area contributed by atoms with Crippen molar-refractivity contribution in [3.63, 3.8) is 0 Å². The fourth-order valence-corrected chi connectivity index (χ4v) is 1.15. The second-order valence-corrected chi connectivity index (χ2v) is 4.68. The van der Waals surface area contributed by atoms with Gasteiger partial charge in [-0.3, -0.25) is 4.79 Å². The van der Waals surface area contributed by atoms with E-state index < -0.39 is 0 Å². The number of carbonyl (C=O) groups excluding carboxylic acids is 1. The highest BCUT2D eigenvalue weighted by molar-refractivity contribution is 5.66. The Morgan fingerprint density at radius 3 is 2.38 bits per heavy atom. The fraction of sp³-hybridized carbons (Fsp3) is 0.818. The second-order valence-electron chi connectivity index (χ2n) is 4.68. The lowest BCUT2D eigenvalue weighted by Gasteiger charge is -2.19. The van der Waals surface area contributed by atoms with E-state index in [2.05, 4.69) is 27.7 Å². The highest BCUT2D eigenvalue weighted by atomic mass is 16.5. The molecule has 0 aliphatic heterocycles. The molecule has 0 saturated heterocycles. The Balaban J connectivity index is 3.48. The molecule has 0 saturated carbocycles. The molecule has 0 heterocycles. The van der Waals surface area contributed by atoms with E-state index in [1.807, 2.05) is 0 Å². The zero-order valence-electron chi connectivity index (χ0n) is 9.22. The van der Waals surface area contributed by atoms with E-state index in [9.17, 15) is 4.79 Å². The third kappa shape index (κ3) is 9.38. The normalized spacial score (nSPS) is 13.9. The molecular formula is C11H21O2. The van der Waals surface area contributed by atoms with E-state index in [0.29, 0.717) is 5.41 Å². The van der Waals surface area contributed by atoms with Crippen molar-refractivity contribution in [3.05, 3.63) is 6.92 Å². The number of rotatable bonds is 4. The van der Waals surface area contributed by atoms with Crippen LogP contribution in [0.15, 0.2) is 0 Å². The third-order valence-corrected chi connectivity index (χ3v) is 1.79. The van der Waals surface area contributed by atoms with Crippen molar-refractivity contribution in [3.8, 4) is 0 Å². The summed E-state index contributed by atoms with van der Waals surface area (Å²) in [6.07, 6.45) is 2.88. The van der Waals surface area contributed by atoms with Gasteiger partial charge in [-0.05, 0) is 31.6 Å². The van der Waals surface area contributed by atoms with Crippen molar-refractivity contribution < 1.29 is 9.53 Å². The fourth-order valence-electron chi connectivity index (χ4n) is 1.15. The summed E-state index contributed by atoms with van der Waals surface area (Å²) >= 11 is 0. The summed E-state index contributed by atoms with van der Waals surface area (Å²) in [5.41, 5.74) is 0.357. The lowest BCUT2D eigenvalue weighted by molar-refractivity contribution is -0.144. The van der Waals surface area contributed by atoms with Gasteiger partial charge in [0, 0.05) is 6.92 Å². The Kier molecular flexibility index (Phi) is 5.04. The summed E-state index contributed by atoms with van der Waals surface area (Å²) in [6, 6.07) is 0. The van der Waals surface area contributed by atoms with Crippen molar-refractivity contribution in [1.82, 2.24) is 0 Å². The van der Waals surface area contributed by atoms with Gasteiger partial charge in [-0.2, -0.15) is 0 Å². The standard InChI is InChI=1S/C11H21O2/c1-9(13-10(2)12)7-6-8-11(3,4)5/h9H,1,6-8H2,2-5H3. The molecule has 0 bridgehead atoms. The van der Waals surface area contributed by atoms with Crippen LogP contribution in [0.5, 0.6) is 0 Å². The van der Waals surface area contributed by atoms with Crippen LogP contribution in [0, 0.1) is 12.3 Å². The van der Waals surface area contributed by atoms with E-state index in [4.69, 9.17) is 4.74 Å². The number of ether oxygens (including phenoxy) is 1. The molecule has 0 aromatic carbocycles. The molecule has 0 aliphatic carbocycles. The van der Waals surface area contributed by atoms with Crippen LogP contribution in [-0.2, 0) is 9.53 Å². The zero-order valence-corrected chi connectivity index (χ0v) is 9.22. The quantitative estimate of drug-likeness (QED) is 0.629. The molecule has 0 aromatic heterocycles. The Bertz CT molecular complexity index is 156. The van der Waals surface area contributed by atoms with Gasteiger partial charge in [-0.1, -0.05) is 20.8 Å². The van der Waals surface area contributed by atoms with Crippen molar-refractivity contribution in [2.24, 2.45) is 5.41 Å². The molecule has 0 N–H and O–H groups in total. The lowest BCUT2D eigenvalue weighted by Crippen LogP contribution is -2.13. The summed E-state index contributed by atoms with van der Waals surface area (Å²) in [4.78, 5) is 10.6. The number of carbonyl (C=O) groups is 1. The topological polar surface area (TPSA) is 26.3 Å². The van der Waals surface area contributed by atoms with Gasteiger partial charge in [0.2, 0.25) is 0 Å². The molecule has 0 aromatic rings. The molecule has 13 heavy (non-hydrogen) atoms. The van der Waals surface area contributed by atoms with E-state index in [1.165, 1.54) is 6.92 Å². The Hall–Kier alpha value is -0.530. The van der Waals surface area contributed by atoms with Gasteiger partial charge in [0.25, 0.3) is 0 Å². The van der Waals surface area contributed by atoms with E-state index in [1.54, 1.807) is 0 Å². The molecule has 1 unspecified atom stereocenters. The molecule has 0 amide bonds. The molecule has 1 radical (unpaired) electrons. The van der Waals surface area contributed by atoms with Crippen LogP contribution in [0.1, 0.15) is 47.0 Å². The smallest absolute Gasteiger partial charge is 0.302 e. The first kappa shape index (κ1) is 12.5. The van der Waals surface area contributed by atoms with Gasteiger partial charge < -0.3 is 4.74 Å². The summed E-state index contributed by atoms with van der Waals surface area (Å²) in [5, 5.41) is 0. The number of esters is 1. The molecule has 0 fully saturated rings. The maximum Gasteiger partial charge on any atom is 0.302 e. The van der Waals surface area contributed by atoms with Crippen molar-refractivity contribution in [2.45, 2.75) is 53.1 Å². The SMILES string of the molecule is [CH2]C(CCCC(C)(C)C)OC(C)=O. The average Bonchev–Trinajstić information content (AvgIpc) is 1.81. The minimum atomic E-state index is -0.240. The zero-order chi connectivity index (χ0) is 10.5. The van der Waals surface area contributed by atoms with E-state index in [-0.39, 0.29) is 12.1 Å². The maximum atomic E-state index is 10.6. The molecule has 1 atom stereocenters. The Labute approximate surface area is 81.7 Å². The number of hydrogen-bond acceptors (Lipinski definition) is 2. The van der Waals surface area contributed by atoms with Gasteiger partial charge in [0.1, 0.15) is 6.10 Å². The lowest BCUT2D eigenvalue weighted by atomic mass is 9.89. The Morgan fingerprint density at radius 2 is 2.00 bits per heavy atom. The monoisotopic (exact) mass is 185 g/mol. The van der Waals surface area contributed by atoms with Crippen LogP contribution in [0.2, 0.25) is 0 Å². The average molecular weight is 185 g/mol. The number of hydrogen-bond donors (Lipinski definition) is 0. The van der Waals surface area contributed by atoms with Crippen molar-refractivity contribution in [2.75, 3.05) is 0 Å². The van der Waals surface area contributed by atoms with Gasteiger partial charge in [-0.25, -0.2) is 0 Å². The predicted molar refractivity (Wildman–Crippen MR) is 54.2 cm³/mol. The summed E-state index contributed by atoms with van der Waals surface area (Å²) in [7, 11) is 0. The molecule has 0 spiro atoms. The highest BCUT2D eigenvalue weighted by Gasteiger charge is 2.11. The largest absolute Gasteiger partial charge is 0.463 e. The predicted octanol–water partition coefficient (Wildman–Crippen LogP) is 2.97. The minimum Gasteiger partial charge on any atom is -0.463 e. The van der Waals surface area contributed by atoms with Gasteiger partial charge >= 0.3 is 5.97 Å². The van der Waals surface area contributed by atoms with Crippen LogP contribution in [0.4, 0.5) is 0 Å².